The fourth-order valence-electron chi connectivity index (χ4n) is 3.09. The quantitative estimate of drug-likeness (QED) is 0.824. The van der Waals surface area contributed by atoms with Crippen LogP contribution in [0.1, 0.15) is 25.3 Å². The number of benzene rings is 1. The first-order valence-electron chi connectivity index (χ1n) is 8.58. The maximum atomic E-state index is 12.8. The summed E-state index contributed by atoms with van der Waals surface area (Å²) in [6.07, 6.45) is 1.29. The van der Waals surface area contributed by atoms with Gasteiger partial charge in [0.25, 0.3) is 11.5 Å². The molecule has 0 saturated carbocycles. The summed E-state index contributed by atoms with van der Waals surface area (Å²) in [5.41, 5.74) is 5.70. The van der Waals surface area contributed by atoms with Crippen molar-refractivity contribution in [2.75, 3.05) is 17.7 Å². The van der Waals surface area contributed by atoms with E-state index < -0.39 is 17.4 Å². The molecule has 3 N–H and O–H groups in total. The van der Waals surface area contributed by atoms with E-state index in [0.717, 1.165) is 18.4 Å². The second-order valence-corrected chi connectivity index (χ2v) is 6.31. The first kappa shape index (κ1) is 17.8. The van der Waals surface area contributed by atoms with Crippen LogP contribution in [0.3, 0.4) is 0 Å². The van der Waals surface area contributed by atoms with Crippen molar-refractivity contribution in [1.82, 2.24) is 9.55 Å². The Morgan fingerprint density at radius 1 is 1.38 bits per heavy atom. The van der Waals surface area contributed by atoms with Gasteiger partial charge in [0.15, 0.2) is 11.8 Å². The molecule has 2 aromatic rings. The van der Waals surface area contributed by atoms with E-state index in [1.807, 2.05) is 25.1 Å². The SMILES string of the molecule is CCCCn1c(N)c(N(C)C(=O)[C@@H]2Cc3ccccc3O2)c(=O)[nH]c1=O. The van der Waals surface area contributed by atoms with Crippen molar-refractivity contribution in [3.05, 3.63) is 50.7 Å². The molecule has 0 bridgehead atoms. The third kappa shape index (κ3) is 3.10. The number of aromatic nitrogens is 2. The summed E-state index contributed by atoms with van der Waals surface area (Å²) >= 11 is 0. The monoisotopic (exact) mass is 358 g/mol. The van der Waals surface area contributed by atoms with Crippen LogP contribution >= 0.6 is 0 Å². The number of nitrogens with zero attached hydrogens (tertiary/aromatic N) is 2. The fourth-order valence-corrected chi connectivity index (χ4v) is 3.09. The van der Waals surface area contributed by atoms with Gasteiger partial charge in [0.1, 0.15) is 11.6 Å². The lowest BCUT2D eigenvalue weighted by Gasteiger charge is -2.22. The van der Waals surface area contributed by atoms with E-state index in [0.29, 0.717) is 18.7 Å². The molecule has 1 aliphatic rings. The van der Waals surface area contributed by atoms with Gasteiger partial charge in [0.05, 0.1) is 0 Å². The third-order valence-electron chi connectivity index (χ3n) is 4.54. The van der Waals surface area contributed by atoms with Crippen LogP contribution < -0.4 is 26.6 Å². The molecule has 0 unspecified atom stereocenters. The lowest BCUT2D eigenvalue weighted by Crippen LogP contribution is -2.44. The second kappa shape index (κ2) is 7.07. The van der Waals surface area contributed by atoms with Crippen LogP contribution in [-0.4, -0.2) is 28.6 Å². The molecule has 0 saturated heterocycles. The van der Waals surface area contributed by atoms with Gasteiger partial charge in [-0.1, -0.05) is 31.5 Å². The zero-order chi connectivity index (χ0) is 18.8. The first-order valence-corrected chi connectivity index (χ1v) is 8.58. The third-order valence-corrected chi connectivity index (χ3v) is 4.54. The lowest BCUT2D eigenvalue weighted by atomic mass is 10.1. The maximum absolute atomic E-state index is 12.8. The van der Waals surface area contributed by atoms with E-state index in [9.17, 15) is 14.4 Å². The number of carbonyl (C=O) groups excluding carboxylic acids is 1. The highest BCUT2D eigenvalue weighted by Gasteiger charge is 2.33. The number of rotatable bonds is 5. The average Bonchev–Trinajstić information content (AvgIpc) is 3.04. The fraction of sp³-hybridized carbons (Fsp3) is 0.389. The normalized spacial score (nSPS) is 15.4. The van der Waals surface area contributed by atoms with Crippen LogP contribution in [0.2, 0.25) is 0 Å². The van der Waals surface area contributed by atoms with Crippen LogP contribution in [0.25, 0.3) is 0 Å². The Bertz CT molecular complexity index is 922. The predicted molar refractivity (Wildman–Crippen MR) is 98.6 cm³/mol. The second-order valence-electron chi connectivity index (χ2n) is 6.31. The number of nitrogen functional groups attached to an aromatic ring is 1. The Morgan fingerprint density at radius 2 is 2.12 bits per heavy atom. The molecule has 3 rings (SSSR count). The first-order chi connectivity index (χ1) is 12.4. The van der Waals surface area contributed by atoms with Crippen molar-refractivity contribution >= 4 is 17.4 Å². The van der Waals surface area contributed by atoms with E-state index in [4.69, 9.17) is 10.5 Å². The molecule has 1 aliphatic heterocycles. The summed E-state index contributed by atoms with van der Waals surface area (Å²) in [6, 6.07) is 7.41. The number of carbonyl (C=O) groups is 1. The molecule has 0 fully saturated rings. The number of fused-ring (bicyclic) bond motifs is 1. The van der Waals surface area contributed by atoms with Crippen LogP contribution in [0.15, 0.2) is 33.9 Å². The Hall–Kier alpha value is -3.03. The molecule has 26 heavy (non-hydrogen) atoms. The van der Waals surface area contributed by atoms with Gasteiger partial charge in [-0.25, -0.2) is 4.79 Å². The van der Waals surface area contributed by atoms with Crippen molar-refractivity contribution in [2.24, 2.45) is 0 Å². The topological polar surface area (TPSA) is 110 Å². The molecule has 0 radical (unpaired) electrons. The molecule has 1 aromatic carbocycles. The van der Waals surface area contributed by atoms with Gasteiger partial charge in [-0.3, -0.25) is 19.1 Å². The number of amides is 1. The molecule has 8 nitrogen and oxygen atoms in total. The number of ether oxygens (including phenoxy) is 1. The minimum Gasteiger partial charge on any atom is -0.480 e. The van der Waals surface area contributed by atoms with Crippen LogP contribution in [0.4, 0.5) is 11.5 Å². The number of para-hydroxylation sites is 1. The zero-order valence-corrected chi connectivity index (χ0v) is 14.8. The standard InChI is InChI=1S/C18H22N4O4/c1-3-4-9-22-15(19)14(16(23)20-18(22)25)21(2)17(24)13-10-11-7-5-6-8-12(11)26-13/h5-8,13H,3-4,9-10,19H2,1-2H3,(H,20,23,25)/t13-/m0/s1. The lowest BCUT2D eigenvalue weighted by molar-refractivity contribution is -0.124. The Morgan fingerprint density at radius 3 is 2.81 bits per heavy atom. The summed E-state index contributed by atoms with van der Waals surface area (Å²) in [7, 11) is 1.46. The number of nitrogens with one attached hydrogen (secondary N) is 1. The van der Waals surface area contributed by atoms with E-state index in [1.54, 1.807) is 6.07 Å². The van der Waals surface area contributed by atoms with E-state index in [-0.39, 0.29) is 17.4 Å². The van der Waals surface area contributed by atoms with Gasteiger partial charge in [-0.2, -0.15) is 0 Å². The van der Waals surface area contributed by atoms with Crippen molar-refractivity contribution in [2.45, 2.75) is 38.8 Å². The van der Waals surface area contributed by atoms with Crippen molar-refractivity contribution < 1.29 is 9.53 Å². The van der Waals surface area contributed by atoms with Gasteiger partial charge in [-0.05, 0) is 18.1 Å². The van der Waals surface area contributed by atoms with Gasteiger partial charge in [0, 0.05) is 20.0 Å². The number of unbranched alkanes of at least 4 members (excludes halogenated alkanes) is 1. The van der Waals surface area contributed by atoms with Gasteiger partial charge >= 0.3 is 5.69 Å². The minimum atomic E-state index is -0.729. The maximum Gasteiger partial charge on any atom is 0.330 e. The van der Waals surface area contributed by atoms with Gasteiger partial charge in [0.2, 0.25) is 0 Å². The molecule has 2 heterocycles. The number of aromatic amines is 1. The Labute approximate surface area is 150 Å². The minimum absolute atomic E-state index is 0.0152. The molecular formula is C18H22N4O4. The number of likely N-dealkylation sites (N-methyl/N-ethyl adjacent to an activating group) is 1. The van der Waals surface area contributed by atoms with Crippen molar-refractivity contribution in [3.63, 3.8) is 0 Å². The van der Waals surface area contributed by atoms with Crippen molar-refractivity contribution in [3.8, 4) is 5.75 Å². The smallest absolute Gasteiger partial charge is 0.330 e. The summed E-state index contributed by atoms with van der Waals surface area (Å²) in [4.78, 5) is 40.5. The van der Waals surface area contributed by atoms with E-state index in [1.165, 1.54) is 16.5 Å². The number of hydrogen-bond donors (Lipinski definition) is 2. The highest BCUT2D eigenvalue weighted by molar-refractivity contribution is 5.98. The number of hydrogen-bond acceptors (Lipinski definition) is 5. The molecule has 8 heteroatoms. The summed E-state index contributed by atoms with van der Waals surface area (Å²) in [5, 5.41) is 0. The van der Waals surface area contributed by atoms with Gasteiger partial charge in [-0.15, -0.1) is 0 Å². The number of anilines is 2. The largest absolute Gasteiger partial charge is 0.480 e. The summed E-state index contributed by atoms with van der Waals surface area (Å²) in [5.74, 6) is 0.256. The molecule has 0 spiro atoms. The highest BCUT2D eigenvalue weighted by atomic mass is 16.5. The molecule has 138 valence electrons. The van der Waals surface area contributed by atoms with Crippen LogP contribution in [0, 0.1) is 0 Å². The van der Waals surface area contributed by atoms with Gasteiger partial charge < -0.3 is 15.4 Å². The van der Waals surface area contributed by atoms with Crippen LogP contribution in [0.5, 0.6) is 5.75 Å². The predicted octanol–water partition coefficient (Wildman–Crippen LogP) is 0.885. The average molecular weight is 358 g/mol. The molecule has 1 atom stereocenters. The molecule has 1 aromatic heterocycles. The molecule has 0 aliphatic carbocycles. The number of H-pyrrole nitrogens is 1. The van der Waals surface area contributed by atoms with E-state index >= 15 is 0 Å². The Kier molecular flexibility index (Phi) is 4.83. The highest BCUT2D eigenvalue weighted by Crippen LogP contribution is 2.29. The molecular weight excluding hydrogens is 336 g/mol. The van der Waals surface area contributed by atoms with Crippen LogP contribution in [-0.2, 0) is 17.8 Å². The zero-order valence-electron chi connectivity index (χ0n) is 14.8. The van der Waals surface area contributed by atoms with Crippen molar-refractivity contribution in [1.29, 1.82) is 0 Å². The number of nitrogens with two attached hydrogens (primary N) is 1. The Balaban J connectivity index is 1.90. The van der Waals surface area contributed by atoms with E-state index in [2.05, 4.69) is 4.98 Å². The molecule has 1 amide bonds. The summed E-state index contributed by atoms with van der Waals surface area (Å²) < 4.78 is 6.98. The summed E-state index contributed by atoms with van der Waals surface area (Å²) in [6.45, 7) is 2.36.